The van der Waals surface area contributed by atoms with E-state index in [0.29, 0.717) is 25.7 Å². The van der Waals surface area contributed by atoms with Crippen molar-refractivity contribution in [3.63, 3.8) is 0 Å². The van der Waals surface area contributed by atoms with E-state index < -0.39 is 121 Å². The van der Waals surface area contributed by atoms with E-state index in [-0.39, 0.29) is 52.6 Å². The van der Waals surface area contributed by atoms with Crippen LogP contribution in [0.15, 0.2) is 11.6 Å². The molecule has 22 atom stereocenters. The number of aliphatic hydroxyl groups excluding tert-OH is 9. The van der Waals surface area contributed by atoms with Crippen LogP contribution in [0.2, 0.25) is 0 Å². The monoisotopic (exact) mass is 983 g/mol. The van der Waals surface area contributed by atoms with Gasteiger partial charge in [0.25, 0.3) is 0 Å². The maximum absolute atomic E-state index is 14.7. The lowest BCUT2D eigenvalue weighted by Crippen LogP contribution is -2.67. The first-order valence-electron chi connectivity index (χ1n) is 25.7. The molecule has 0 amide bonds. The molecule has 0 aromatic rings. The summed E-state index contributed by atoms with van der Waals surface area (Å²) in [5.74, 6) is -1.10. The molecule has 3 heterocycles. The summed E-state index contributed by atoms with van der Waals surface area (Å²) in [6.07, 6.45) is -11.4. The highest BCUT2D eigenvalue weighted by atomic mass is 16.7. The van der Waals surface area contributed by atoms with Gasteiger partial charge >= 0.3 is 11.9 Å². The molecule has 0 radical (unpaired) electrons. The largest absolute Gasteiger partial charge is 0.464 e. The molecule has 18 nitrogen and oxygen atoms in total. The smallest absolute Gasteiger partial charge is 0.338 e. The van der Waals surface area contributed by atoms with E-state index in [1.807, 2.05) is 6.92 Å². The molecule has 8 aliphatic rings. The lowest BCUT2D eigenvalue weighted by Gasteiger charge is -2.71. The topological polar surface area (TPSA) is 281 Å². The molecule has 4 saturated carbocycles. The van der Waals surface area contributed by atoms with Crippen molar-refractivity contribution >= 4 is 11.9 Å². The van der Waals surface area contributed by atoms with Crippen molar-refractivity contribution < 1.29 is 88.7 Å². The van der Waals surface area contributed by atoms with Gasteiger partial charge in [-0.2, -0.15) is 0 Å². The van der Waals surface area contributed by atoms with Gasteiger partial charge in [0.15, 0.2) is 18.7 Å². The molecule has 0 spiro atoms. The maximum atomic E-state index is 14.7. The third-order valence-corrected chi connectivity index (χ3v) is 19.6. The summed E-state index contributed by atoms with van der Waals surface area (Å²) in [5.41, 5.74) is -0.761. The van der Waals surface area contributed by atoms with E-state index in [9.17, 15) is 55.5 Å². The zero-order chi connectivity index (χ0) is 50.4. The Morgan fingerprint density at radius 1 is 0.725 bits per heavy atom. The van der Waals surface area contributed by atoms with Gasteiger partial charge in [-0.05, 0) is 115 Å². The second kappa shape index (κ2) is 19.4. The molecular weight excluding hydrogens is 901 g/mol. The van der Waals surface area contributed by atoms with Crippen molar-refractivity contribution in [2.75, 3.05) is 19.8 Å². The Kier molecular flexibility index (Phi) is 15.0. The van der Waals surface area contributed by atoms with Crippen molar-refractivity contribution in [3.05, 3.63) is 11.6 Å². The zero-order valence-electron chi connectivity index (χ0n) is 41.8. The highest BCUT2D eigenvalue weighted by Gasteiger charge is 2.70. The van der Waals surface area contributed by atoms with Crippen molar-refractivity contribution in [1.29, 1.82) is 0 Å². The minimum absolute atomic E-state index is 0.0628. The Morgan fingerprint density at radius 3 is 2.12 bits per heavy atom. The first kappa shape index (κ1) is 53.4. The minimum atomic E-state index is -1.77. The van der Waals surface area contributed by atoms with Gasteiger partial charge in [-0.1, -0.05) is 73.5 Å². The second-order valence-electron chi connectivity index (χ2n) is 24.2. The third kappa shape index (κ3) is 8.86. The van der Waals surface area contributed by atoms with Crippen LogP contribution in [0.5, 0.6) is 0 Å². The van der Waals surface area contributed by atoms with Crippen molar-refractivity contribution in [2.45, 2.75) is 225 Å². The quantitative estimate of drug-likeness (QED) is 0.0621. The highest BCUT2D eigenvalue weighted by Crippen LogP contribution is 2.76. The number of unbranched alkanes of at least 4 members (excludes halogenated alkanes) is 1. The van der Waals surface area contributed by atoms with Gasteiger partial charge in [0, 0.05) is 0 Å². The van der Waals surface area contributed by atoms with E-state index >= 15 is 0 Å². The lowest BCUT2D eigenvalue weighted by atomic mass is 9.33. The molecule has 0 aromatic carbocycles. The lowest BCUT2D eigenvalue weighted by molar-refractivity contribution is -0.357. The van der Waals surface area contributed by atoms with Gasteiger partial charge in [-0.25, -0.2) is 4.79 Å². The minimum Gasteiger partial charge on any atom is -0.464 e. The zero-order valence-corrected chi connectivity index (χ0v) is 41.8. The summed E-state index contributed by atoms with van der Waals surface area (Å²) in [6, 6.07) is 0. The number of aliphatic hydroxyl groups is 9. The number of ether oxygens (including phenoxy) is 7. The highest BCUT2D eigenvalue weighted by molar-refractivity contribution is 5.79. The first-order chi connectivity index (χ1) is 32.3. The number of fused-ring (bicyclic) bond motifs is 7. The number of carbonyl (C=O) groups excluding carboxylic acids is 2. The van der Waals surface area contributed by atoms with Crippen LogP contribution in [0.4, 0.5) is 0 Å². The maximum Gasteiger partial charge on any atom is 0.338 e. The fourth-order valence-electron chi connectivity index (χ4n) is 15.1. The van der Waals surface area contributed by atoms with Crippen LogP contribution in [0.3, 0.4) is 0 Å². The summed E-state index contributed by atoms with van der Waals surface area (Å²) in [6.45, 7) is 17.1. The van der Waals surface area contributed by atoms with Gasteiger partial charge in [-0.3, -0.25) is 4.79 Å². The number of rotatable bonds is 11. The molecule has 0 aromatic heterocycles. The van der Waals surface area contributed by atoms with Crippen molar-refractivity contribution in [2.24, 2.45) is 50.2 Å². The Hall–Kier alpha value is -1.88. The molecule has 9 N–H and O–H groups in total. The molecule has 3 saturated heterocycles. The molecule has 7 fully saturated rings. The van der Waals surface area contributed by atoms with E-state index in [1.165, 1.54) is 5.57 Å². The molecule has 69 heavy (non-hydrogen) atoms. The molecule has 5 aliphatic carbocycles. The molecule has 3 aliphatic heterocycles. The van der Waals surface area contributed by atoms with E-state index in [1.54, 1.807) is 0 Å². The SMILES string of the molecule is CCCCOC(=O)[C@@H]1O[C@@H](O[C@@H]2CC[C@@]3(C)[C@H](CC[C@@]4(C)[C@H]3CC=C3[C@@H]5CC(C)(C)CC[C@]5(C(=O)O[C@@H]5O[C@@H](CO)[C@H](O)[C@H](O)[C@@H]5O)CC[C@@]34C)C2(C)C)[C@H](O)[C@H](O[C@H]2OC[C@H](O)[C@H](O)[C@H]2O)[C@H]1O. The Labute approximate surface area is 406 Å². The van der Waals surface area contributed by atoms with Crippen LogP contribution in [0, 0.1) is 50.2 Å². The van der Waals surface area contributed by atoms with E-state index in [0.717, 1.165) is 51.4 Å². The predicted molar refractivity (Wildman–Crippen MR) is 243 cm³/mol. The Morgan fingerprint density at radius 2 is 1.42 bits per heavy atom. The third-order valence-electron chi connectivity index (χ3n) is 19.6. The fourth-order valence-corrected chi connectivity index (χ4v) is 15.1. The normalized spacial score (nSPS) is 50.3. The summed E-state index contributed by atoms with van der Waals surface area (Å²) >= 11 is 0. The molecule has 0 unspecified atom stereocenters. The standard InChI is InChI=1S/C51H82O18/c1-9-10-21-63-41(61)40-37(59)39(67-42-35(57)32(54)27(53)24-64-42)38(60)44(68-40)66-31-14-15-48(6)29(47(31,4)5)13-16-50(8)30(48)12-11-25-26-22-46(2,3)17-19-51(26,20-18-49(25,50)7)45(62)69-43-36(58)34(56)33(55)28(23-52)65-43/h11,26-40,42-44,52-60H,9-10,12-24H2,1-8H3/t26-,27-,28-,29+,30-,31+,32-,33-,34-,35+,36-,37+,38+,39+,40+,42+,43-,44+,48-,49-,50-,51-/m0/s1. The molecule has 8 rings (SSSR count). The van der Waals surface area contributed by atoms with E-state index in [4.69, 9.17) is 33.2 Å². The summed E-state index contributed by atoms with van der Waals surface area (Å²) in [4.78, 5) is 28.2. The summed E-state index contributed by atoms with van der Waals surface area (Å²) in [5, 5.41) is 96.1. The molecule has 394 valence electrons. The Balaban J connectivity index is 1.03. The number of esters is 2. The number of hydrogen-bond acceptors (Lipinski definition) is 18. The summed E-state index contributed by atoms with van der Waals surface area (Å²) in [7, 11) is 0. The first-order valence-corrected chi connectivity index (χ1v) is 25.7. The summed E-state index contributed by atoms with van der Waals surface area (Å²) < 4.78 is 41.4. The van der Waals surface area contributed by atoms with Crippen LogP contribution >= 0.6 is 0 Å². The average Bonchev–Trinajstić information content (AvgIpc) is 3.29. The van der Waals surface area contributed by atoms with Crippen molar-refractivity contribution in [1.82, 2.24) is 0 Å². The molecular formula is C51H82O18. The second-order valence-corrected chi connectivity index (χ2v) is 24.2. The average molecular weight is 983 g/mol. The predicted octanol–water partition coefficient (Wildman–Crippen LogP) is 2.13. The van der Waals surface area contributed by atoms with E-state index in [2.05, 4.69) is 54.5 Å². The van der Waals surface area contributed by atoms with Crippen LogP contribution in [-0.2, 0) is 42.7 Å². The van der Waals surface area contributed by atoms with Gasteiger partial charge in [0.1, 0.15) is 61.0 Å². The number of carbonyl (C=O) groups is 2. The van der Waals surface area contributed by atoms with Gasteiger partial charge in [0.05, 0.1) is 31.3 Å². The van der Waals surface area contributed by atoms with Crippen LogP contribution in [0.1, 0.15) is 132 Å². The van der Waals surface area contributed by atoms with Crippen LogP contribution in [0.25, 0.3) is 0 Å². The van der Waals surface area contributed by atoms with Crippen LogP contribution in [-0.4, -0.2) is 170 Å². The van der Waals surface area contributed by atoms with Gasteiger partial charge in [-0.15, -0.1) is 0 Å². The molecule has 18 heteroatoms. The van der Waals surface area contributed by atoms with Crippen molar-refractivity contribution in [3.8, 4) is 0 Å². The molecule has 0 bridgehead atoms. The fraction of sp³-hybridized carbons (Fsp3) is 0.922. The number of allylic oxidation sites excluding steroid dienone is 2. The van der Waals surface area contributed by atoms with Gasteiger partial charge in [0.2, 0.25) is 6.29 Å². The number of hydrogen-bond donors (Lipinski definition) is 9. The van der Waals surface area contributed by atoms with Gasteiger partial charge < -0.3 is 79.1 Å². The Bertz CT molecular complexity index is 1890. The van der Waals surface area contributed by atoms with Crippen LogP contribution < -0.4 is 0 Å².